The van der Waals surface area contributed by atoms with Crippen molar-refractivity contribution in [3.05, 3.63) is 47.0 Å². The van der Waals surface area contributed by atoms with E-state index in [9.17, 15) is 9.90 Å². The topological polar surface area (TPSA) is 46.5 Å². The number of ether oxygens (including phenoxy) is 1. The molecule has 0 spiro atoms. The zero-order valence-corrected chi connectivity index (χ0v) is 14.4. The molecular weight excluding hydrogens is 283 g/mol. The lowest BCUT2D eigenvalue weighted by Gasteiger charge is -2.27. The number of rotatable bonds is 6. The van der Waals surface area contributed by atoms with Crippen LogP contribution in [-0.2, 0) is 16.0 Å². The molecule has 0 fully saturated rings. The normalized spacial score (nSPS) is 12.8. The van der Waals surface area contributed by atoms with E-state index in [4.69, 9.17) is 4.74 Å². The first-order chi connectivity index (χ1) is 9.88. The lowest BCUT2D eigenvalue weighted by molar-refractivity contribution is -0.135. The number of benzene rings is 1. The molecule has 0 unspecified atom stereocenters. The summed E-state index contributed by atoms with van der Waals surface area (Å²) in [6.07, 6.45) is 0.365. The molecule has 0 amide bonds. The smallest absolute Gasteiger partial charge is 0.341 e. The van der Waals surface area contributed by atoms with Gasteiger partial charge in [0.1, 0.15) is 5.76 Å². The first kappa shape index (κ1) is 17.7. The molecule has 1 aromatic carbocycles. The molecule has 0 bridgehead atoms. The second kappa shape index (κ2) is 8.19. The molecule has 0 aliphatic rings. The minimum atomic E-state index is -0.768. The third-order valence-corrected chi connectivity index (χ3v) is 6.42. The quantitative estimate of drug-likeness (QED) is 0.365. The molecule has 1 aromatic rings. The van der Waals surface area contributed by atoms with Gasteiger partial charge in [0.2, 0.25) is 0 Å². The van der Waals surface area contributed by atoms with E-state index in [0.717, 1.165) is 5.56 Å². The van der Waals surface area contributed by atoms with Crippen molar-refractivity contribution in [1.82, 2.24) is 0 Å². The Morgan fingerprint density at radius 1 is 1.14 bits per heavy atom. The van der Waals surface area contributed by atoms with Crippen LogP contribution in [0.3, 0.4) is 0 Å². The number of hydrogen-bond donors (Lipinski definition) is 1. The van der Waals surface area contributed by atoms with E-state index in [1.807, 2.05) is 30.3 Å². The van der Waals surface area contributed by atoms with Gasteiger partial charge in [0, 0.05) is 6.42 Å². The number of carbonyl (C=O) groups is 1. The molecule has 0 aliphatic carbocycles. The molecule has 4 heteroatoms. The molecule has 21 heavy (non-hydrogen) atoms. The minimum absolute atomic E-state index is 0.140. The fraction of sp³-hybridized carbons (Fsp3) is 0.471. The summed E-state index contributed by atoms with van der Waals surface area (Å²) in [6, 6.07) is 9.67. The Bertz CT molecular complexity index is 484. The highest BCUT2D eigenvalue weighted by molar-refractivity contribution is 7.64. The SMILES string of the molecule is COC(=O)/C(=C(/O)Cc1ccccc1)P(C(C)C)C(C)C. The van der Waals surface area contributed by atoms with Crippen molar-refractivity contribution >= 4 is 13.9 Å². The van der Waals surface area contributed by atoms with Crippen LogP contribution in [0.25, 0.3) is 0 Å². The van der Waals surface area contributed by atoms with Crippen molar-refractivity contribution in [2.24, 2.45) is 0 Å². The maximum atomic E-state index is 12.2. The van der Waals surface area contributed by atoms with E-state index in [1.54, 1.807) is 0 Å². The zero-order valence-electron chi connectivity index (χ0n) is 13.5. The van der Waals surface area contributed by atoms with Crippen molar-refractivity contribution in [3.8, 4) is 0 Å². The zero-order chi connectivity index (χ0) is 16.0. The molecule has 0 saturated carbocycles. The van der Waals surface area contributed by atoms with Gasteiger partial charge in [-0.2, -0.15) is 0 Å². The Morgan fingerprint density at radius 2 is 1.67 bits per heavy atom. The van der Waals surface area contributed by atoms with Gasteiger partial charge in [-0.3, -0.25) is 0 Å². The Morgan fingerprint density at radius 3 is 2.10 bits per heavy atom. The van der Waals surface area contributed by atoms with Crippen molar-refractivity contribution in [1.29, 1.82) is 0 Å². The van der Waals surface area contributed by atoms with Gasteiger partial charge in [-0.15, -0.1) is 0 Å². The number of esters is 1. The van der Waals surface area contributed by atoms with E-state index < -0.39 is 13.9 Å². The predicted molar refractivity (Wildman–Crippen MR) is 89.0 cm³/mol. The number of aliphatic hydroxyl groups is 1. The van der Waals surface area contributed by atoms with Crippen LogP contribution in [-0.4, -0.2) is 29.5 Å². The van der Waals surface area contributed by atoms with Crippen molar-refractivity contribution in [2.45, 2.75) is 45.4 Å². The monoisotopic (exact) mass is 308 g/mol. The summed E-state index contributed by atoms with van der Waals surface area (Å²) in [6.45, 7) is 8.35. The molecule has 0 aromatic heterocycles. The summed E-state index contributed by atoms with van der Waals surface area (Å²) < 4.78 is 4.91. The van der Waals surface area contributed by atoms with Crippen LogP contribution in [0.15, 0.2) is 41.4 Å². The highest BCUT2D eigenvalue weighted by Crippen LogP contribution is 2.54. The Labute approximate surface area is 128 Å². The van der Waals surface area contributed by atoms with Crippen molar-refractivity contribution in [3.63, 3.8) is 0 Å². The maximum absolute atomic E-state index is 12.2. The van der Waals surface area contributed by atoms with E-state index in [1.165, 1.54) is 7.11 Å². The van der Waals surface area contributed by atoms with Gasteiger partial charge in [-0.25, -0.2) is 4.79 Å². The number of methoxy groups -OCH3 is 1. The first-order valence-corrected chi connectivity index (χ1v) is 8.69. The lowest BCUT2D eigenvalue weighted by atomic mass is 10.1. The third kappa shape index (κ3) is 4.86. The molecule has 0 aliphatic heterocycles. The number of carbonyl (C=O) groups excluding carboxylic acids is 1. The summed E-state index contributed by atoms with van der Waals surface area (Å²) in [5.41, 5.74) is 1.61. The van der Waals surface area contributed by atoms with Crippen LogP contribution in [0.2, 0.25) is 0 Å². The van der Waals surface area contributed by atoms with Crippen LogP contribution in [0.1, 0.15) is 33.3 Å². The van der Waals surface area contributed by atoms with E-state index in [-0.39, 0.29) is 5.76 Å². The van der Waals surface area contributed by atoms with E-state index >= 15 is 0 Å². The molecule has 1 N–H and O–H groups in total. The number of allylic oxidation sites excluding steroid dienone is 1. The van der Waals surface area contributed by atoms with Crippen LogP contribution in [0.4, 0.5) is 0 Å². The van der Waals surface area contributed by atoms with Crippen molar-refractivity contribution in [2.75, 3.05) is 7.11 Å². The van der Waals surface area contributed by atoms with Crippen LogP contribution in [0, 0.1) is 0 Å². The van der Waals surface area contributed by atoms with Gasteiger partial charge in [-0.1, -0.05) is 65.9 Å². The fourth-order valence-electron chi connectivity index (χ4n) is 2.45. The van der Waals surface area contributed by atoms with Crippen LogP contribution >= 0.6 is 7.92 Å². The Kier molecular flexibility index (Phi) is 6.91. The molecule has 1 rings (SSSR count). The fourth-order valence-corrected chi connectivity index (χ4v) is 5.36. The largest absolute Gasteiger partial charge is 0.511 e. The standard InChI is InChI=1S/C17H25O3P/c1-12(2)21(13(3)4)16(17(19)20-5)15(18)11-14-9-7-6-8-10-14/h6-10,12-13,18H,11H2,1-5H3/b16-15-. The Hall–Kier alpha value is -1.34. The van der Waals surface area contributed by atoms with Gasteiger partial charge in [0.25, 0.3) is 0 Å². The molecule has 3 nitrogen and oxygen atoms in total. The molecule has 0 saturated heterocycles. The molecule has 116 valence electrons. The summed E-state index contributed by atoms with van der Waals surface area (Å²) in [5, 5.41) is 11.0. The first-order valence-electron chi connectivity index (χ1n) is 7.21. The predicted octanol–water partition coefficient (Wildman–Crippen LogP) is 4.47. The highest BCUT2D eigenvalue weighted by atomic mass is 31.1. The highest BCUT2D eigenvalue weighted by Gasteiger charge is 2.30. The maximum Gasteiger partial charge on any atom is 0.341 e. The van der Waals surface area contributed by atoms with Gasteiger partial charge in [0.15, 0.2) is 0 Å². The average molecular weight is 308 g/mol. The molecular formula is C17H25O3P. The van der Waals surface area contributed by atoms with E-state index in [0.29, 0.717) is 23.1 Å². The Balaban J connectivity index is 3.21. The molecule has 0 atom stereocenters. The lowest BCUT2D eigenvalue weighted by Crippen LogP contribution is -2.16. The van der Waals surface area contributed by atoms with Crippen molar-refractivity contribution < 1.29 is 14.6 Å². The number of hydrogen-bond acceptors (Lipinski definition) is 3. The van der Waals surface area contributed by atoms with Gasteiger partial charge >= 0.3 is 5.97 Å². The minimum Gasteiger partial charge on any atom is -0.511 e. The molecule has 0 radical (unpaired) electrons. The van der Waals surface area contributed by atoms with E-state index in [2.05, 4.69) is 27.7 Å². The average Bonchev–Trinajstić information content (AvgIpc) is 2.43. The number of aliphatic hydroxyl groups excluding tert-OH is 1. The second-order valence-corrected chi connectivity index (χ2v) is 8.87. The second-order valence-electron chi connectivity index (χ2n) is 5.54. The van der Waals surface area contributed by atoms with Gasteiger partial charge in [0.05, 0.1) is 12.4 Å². The summed E-state index contributed by atoms with van der Waals surface area (Å²) in [7, 11) is 0.600. The summed E-state index contributed by atoms with van der Waals surface area (Å²) >= 11 is 0. The van der Waals surface area contributed by atoms with Crippen LogP contribution < -0.4 is 0 Å². The summed E-state index contributed by atoms with van der Waals surface area (Å²) in [4.78, 5) is 12.2. The van der Waals surface area contributed by atoms with Gasteiger partial charge < -0.3 is 9.84 Å². The summed E-state index contributed by atoms with van der Waals surface area (Å²) in [5.74, 6) is -0.265. The van der Waals surface area contributed by atoms with Gasteiger partial charge in [-0.05, 0) is 16.9 Å². The van der Waals surface area contributed by atoms with Crippen LogP contribution in [0.5, 0.6) is 0 Å². The third-order valence-electron chi connectivity index (χ3n) is 3.24. The molecule has 0 heterocycles.